The zero-order valence-corrected chi connectivity index (χ0v) is 8.65. The molecule has 0 bridgehead atoms. The molecule has 14 heavy (non-hydrogen) atoms. The van der Waals surface area contributed by atoms with Crippen LogP contribution < -0.4 is 0 Å². The van der Waals surface area contributed by atoms with Gasteiger partial charge < -0.3 is 5.11 Å². The molecule has 1 N–H and O–H groups in total. The minimum atomic E-state index is -1.23. The molecule has 0 aliphatic heterocycles. The first-order chi connectivity index (χ1) is 6.66. The largest absolute Gasteiger partial charge is 0.477 e. The van der Waals surface area contributed by atoms with E-state index in [1.807, 2.05) is 6.07 Å². The lowest BCUT2D eigenvalue weighted by Gasteiger charge is -1.99. The topological polar surface area (TPSA) is 61.1 Å². The summed E-state index contributed by atoms with van der Waals surface area (Å²) < 4.78 is 0.299. The van der Waals surface area contributed by atoms with Gasteiger partial charge in [0, 0.05) is 4.48 Å². The smallest absolute Gasteiger partial charge is 0.347 e. The number of hydrogen-bond acceptors (Lipinski definition) is 2. The van der Waals surface area contributed by atoms with Crippen molar-refractivity contribution in [1.29, 1.82) is 5.26 Å². The molecule has 0 aromatic heterocycles. The second kappa shape index (κ2) is 4.58. The van der Waals surface area contributed by atoms with Crippen LogP contribution in [-0.2, 0) is 4.79 Å². The van der Waals surface area contributed by atoms with Gasteiger partial charge in [-0.25, -0.2) is 4.79 Å². The fourth-order valence-electron chi connectivity index (χ4n) is 0.920. The number of benzene rings is 1. The van der Waals surface area contributed by atoms with E-state index >= 15 is 0 Å². The molecule has 1 rings (SSSR count). The Labute approximate surface area is 89.4 Å². The van der Waals surface area contributed by atoms with Gasteiger partial charge in [0.2, 0.25) is 0 Å². The number of nitrogens with zero attached hydrogens (tertiary/aromatic N) is 1. The summed E-state index contributed by atoms with van der Waals surface area (Å²) in [5.41, 5.74) is 0.377. The number of halogens is 1. The van der Waals surface area contributed by atoms with Gasteiger partial charge in [0.15, 0.2) is 5.57 Å². The molecule has 0 fully saturated rings. The molecule has 70 valence electrons. The van der Waals surface area contributed by atoms with Gasteiger partial charge in [-0.3, -0.25) is 0 Å². The number of hydrogen-bond donors (Lipinski definition) is 1. The maximum atomic E-state index is 10.6. The fourth-order valence-corrected chi connectivity index (χ4v) is 1.44. The van der Waals surface area contributed by atoms with Crippen LogP contribution >= 0.6 is 15.9 Å². The van der Waals surface area contributed by atoms with Gasteiger partial charge >= 0.3 is 5.97 Å². The molecule has 0 aliphatic carbocycles. The lowest BCUT2D eigenvalue weighted by Crippen LogP contribution is -1.99. The molecular weight excluding hydrogens is 246 g/mol. The van der Waals surface area contributed by atoms with Crippen LogP contribution in [0.3, 0.4) is 0 Å². The number of carboxylic acid groups (broad SMARTS) is 1. The molecule has 0 atom stereocenters. The average Bonchev–Trinajstić information content (AvgIpc) is 2.19. The molecule has 0 amide bonds. The predicted molar refractivity (Wildman–Crippen MR) is 55.5 cm³/mol. The van der Waals surface area contributed by atoms with Crippen LogP contribution in [0.15, 0.2) is 35.9 Å². The zero-order valence-electron chi connectivity index (χ0n) is 7.07. The highest BCUT2D eigenvalue weighted by Crippen LogP contribution is 2.24. The van der Waals surface area contributed by atoms with E-state index in [1.54, 1.807) is 30.3 Å². The first kappa shape index (κ1) is 10.5. The van der Waals surface area contributed by atoms with Gasteiger partial charge in [-0.05, 0) is 21.5 Å². The van der Waals surface area contributed by atoms with Crippen molar-refractivity contribution in [2.24, 2.45) is 0 Å². The van der Waals surface area contributed by atoms with Gasteiger partial charge in [0.05, 0.1) is 0 Å². The third kappa shape index (κ3) is 2.21. The van der Waals surface area contributed by atoms with Crippen molar-refractivity contribution in [2.75, 3.05) is 0 Å². The molecule has 0 heterocycles. The minimum absolute atomic E-state index is 0.295. The zero-order chi connectivity index (χ0) is 10.6. The highest BCUT2D eigenvalue weighted by molar-refractivity contribution is 9.15. The van der Waals surface area contributed by atoms with Crippen LogP contribution in [0.1, 0.15) is 5.56 Å². The first-order valence-corrected chi connectivity index (χ1v) is 4.54. The third-order valence-corrected chi connectivity index (χ3v) is 2.43. The Kier molecular flexibility index (Phi) is 3.43. The Balaban J connectivity index is 3.23. The molecule has 0 unspecified atom stereocenters. The number of rotatable bonds is 2. The molecule has 0 saturated carbocycles. The maximum absolute atomic E-state index is 10.6. The summed E-state index contributed by atoms with van der Waals surface area (Å²) >= 11 is 3.09. The van der Waals surface area contributed by atoms with E-state index in [-0.39, 0.29) is 5.57 Å². The lowest BCUT2D eigenvalue weighted by atomic mass is 10.1. The average molecular weight is 252 g/mol. The van der Waals surface area contributed by atoms with E-state index < -0.39 is 5.97 Å². The summed E-state index contributed by atoms with van der Waals surface area (Å²) in [5.74, 6) is -1.23. The van der Waals surface area contributed by atoms with Crippen LogP contribution in [0, 0.1) is 11.3 Å². The Morgan fingerprint density at radius 3 is 2.36 bits per heavy atom. The molecule has 0 aliphatic rings. The van der Waals surface area contributed by atoms with Crippen molar-refractivity contribution >= 4 is 26.4 Å². The van der Waals surface area contributed by atoms with Crippen molar-refractivity contribution in [3.05, 3.63) is 41.5 Å². The van der Waals surface area contributed by atoms with E-state index in [2.05, 4.69) is 15.9 Å². The first-order valence-electron chi connectivity index (χ1n) is 3.75. The maximum Gasteiger partial charge on any atom is 0.347 e. The second-order valence-corrected chi connectivity index (χ2v) is 3.26. The van der Waals surface area contributed by atoms with Crippen LogP contribution in [0.4, 0.5) is 0 Å². The molecule has 1 aromatic rings. The van der Waals surface area contributed by atoms with Crippen LogP contribution in [-0.4, -0.2) is 11.1 Å². The van der Waals surface area contributed by atoms with Crippen molar-refractivity contribution in [3.63, 3.8) is 0 Å². The van der Waals surface area contributed by atoms with Gasteiger partial charge in [-0.15, -0.1) is 0 Å². The third-order valence-electron chi connectivity index (χ3n) is 1.57. The molecule has 4 heteroatoms. The fraction of sp³-hybridized carbons (Fsp3) is 0. The van der Waals surface area contributed by atoms with Crippen molar-refractivity contribution in [1.82, 2.24) is 0 Å². The summed E-state index contributed by atoms with van der Waals surface area (Å²) in [6.07, 6.45) is 0. The van der Waals surface area contributed by atoms with E-state index in [4.69, 9.17) is 10.4 Å². The summed E-state index contributed by atoms with van der Waals surface area (Å²) in [5, 5.41) is 17.3. The normalized spacial score (nSPS) is 11.4. The highest BCUT2D eigenvalue weighted by atomic mass is 79.9. The number of carbonyl (C=O) groups is 1. The predicted octanol–water partition coefficient (Wildman–Crippen LogP) is 2.40. The quantitative estimate of drug-likeness (QED) is 0.649. The summed E-state index contributed by atoms with van der Waals surface area (Å²) in [6, 6.07) is 10.4. The van der Waals surface area contributed by atoms with Crippen molar-refractivity contribution in [3.8, 4) is 6.07 Å². The van der Waals surface area contributed by atoms with E-state index in [0.29, 0.717) is 10.0 Å². The molecule has 3 nitrogen and oxygen atoms in total. The summed E-state index contributed by atoms with van der Waals surface area (Å²) in [4.78, 5) is 10.6. The van der Waals surface area contributed by atoms with Gasteiger partial charge in [0.25, 0.3) is 0 Å². The second-order valence-electron chi connectivity index (χ2n) is 2.47. The SMILES string of the molecule is N#C/C(C(=O)O)=C(/Br)c1ccccc1. The van der Waals surface area contributed by atoms with Gasteiger partial charge in [0.1, 0.15) is 6.07 Å². The minimum Gasteiger partial charge on any atom is -0.477 e. The van der Waals surface area contributed by atoms with E-state index in [9.17, 15) is 4.79 Å². The molecule has 0 saturated heterocycles. The Hall–Kier alpha value is -1.60. The van der Waals surface area contributed by atoms with E-state index in [1.165, 1.54) is 0 Å². The van der Waals surface area contributed by atoms with Crippen LogP contribution in [0.5, 0.6) is 0 Å². The highest BCUT2D eigenvalue weighted by Gasteiger charge is 2.12. The Morgan fingerprint density at radius 2 is 1.93 bits per heavy atom. The molecular formula is C10H6BrNO2. The van der Waals surface area contributed by atoms with Crippen molar-refractivity contribution in [2.45, 2.75) is 0 Å². The monoisotopic (exact) mass is 251 g/mol. The van der Waals surface area contributed by atoms with Crippen LogP contribution in [0.25, 0.3) is 4.48 Å². The Morgan fingerprint density at radius 1 is 1.36 bits per heavy atom. The number of carboxylic acids is 1. The van der Waals surface area contributed by atoms with Gasteiger partial charge in [-0.2, -0.15) is 5.26 Å². The van der Waals surface area contributed by atoms with Crippen LogP contribution in [0.2, 0.25) is 0 Å². The molecule has 0 spiro atoms. The lowest BCUT2D eigenvalue weighted by molar-refractivity contribution is -0.132. The number of nitriles is 1. The van der Waals surface area contributed by atoms with Crippen molar-refractivity contribution < 1.29 is 9.90 Å². The molecule has 1 aromatic carbocycles. The number of aliphatic carboxylic acids is 1. The molecule has 0 radical (unpaired) electrons. The van der Waals surface area contributed by atoms with E-state index in [0.717, 1.165) is 0 Å². The summed E-state index contributed by atoms with van der Waals surface area (Å²) in [6.45, 7) is 0. The standard InChI is InChI=1S/C10H6BrNO2/c11-9(8(6-12)10(13)14)7-4-2-1-3-5-7/h1-5H,(H,13,14)/b9-8-. The summed E-state index contributed by atoms with van der Waals surface area (Å²) in [7, 11) is 0. The Bertz CT molecular complexity index is 417. The van der Waals surface area contributed by atoms with Gasteiger partial charge in [-0.1, -0.05) is 30.3 Å².